The molecule has 1 aliphatic carbocycles. The zero-order valence-corrected chi connectivity index (χ0v) is 11.3. The van der Waals surface area contributed by atoms with Gasteiger partial charge < -0.3 is 15.3 Å². The van der Waals surface area contributed by atoms with Gasteiger partial charge in [0.05, 0.1) is 6.42 Å². The molecular weight excluding hydrogens is 232 g/mol. The van der Waals surface area contributed by atoms with Crippen molar-refractivity contribution in [2.24, 2.45) is 0 Å². The van der Waals surface area contributed by atoms with Crippen molar-refractivity contribution >= 4 is 12.0 Å². The lowest BCUT2D eigenvalue weighted by Crippen LogP contribution is -2.49. The molecule has 0 radical (unpaired) electrons. The van der Waals surface area contributed by atoms with Crippen LogP contribution in [0.3, 0.4) is 0 Å². The molecule has 0 aromatic carbocycles. The number of carboxylic acids is 1. The topological polar surface area (TPSA) is 69.6 Å². The fourth-order valence-corrected chi connectivity index (χ4v) is 2.52. The van der Waals surface area contributed by atoms with Crippen molar-refractivity contribution in [3.8, 4) is 0 Å². The van der Waals surface area contributed by atoms with Crippen LogP contribution in [-0.4, -0.2) is 40.6 Å². The predicted molar refractivity (Wildman–Crippen MR) is 69.5 cm³/mol. The van der Waals surface area contributed by atoms with Crippen molar-refractivity contribution in [1.29, 1.82) is 0 Å². The Morgan fingerprint density at radius 1 is 1.33 bits per heavy atom. The number of amides is 2. The summed E-state index contributed by atoms with van der Waals surface area (Å²) >= 11 is 0. The number of carboxylic acid groups (broad SMARTS) is 1. The van der Waals surface area contributed by atoms with E-state index >= 15 is 0 Å². The van der Waals surface area contributed by atoms with Crippen LogP contribution in [-0.2, 0) is 4.79 Å². The van der Waals surface area contributed by atoms with Crippen LogP contribution >= 0.6 is 0 Å². The van der Waals surface area contributed by atoms with Gasteiger partial charge in [0.15, 0.2) is 0 Å². The molecule has 0 bridgehead atoms. The zero-order valence-electron chi connectivity index (χ0n) is 11.3. The molecule has 1 atom stereocenters. The van der Waals surface area contributed by atoms with E-state index in [0.29, 0.717) is 6.54 Å². The molecule has 0 aliphatic heterocycles. The first kappa shape index (κ1) is 14.8. The fraction of sp³-hybridized carbons (Fsp3) is 0.846. The Morgan fingerprint density at radius 2 is 1.94 bits per heavy atom. The summed E-state index contributed by atoms with van der Waals surface area (Å²) in [5, 5.41) is 11.8. The van der Waals surface area contributed by atoms with E-state index in [4.69, 9.17) is 5.11 Å². The zero-order chi connectivity index (χ0) is 13.5. The average molecular weight is 256 g/mol. The second-order valence-electron chi connectivity index (χ2n) is 5.02. The largest absolute Gasteiger partial charge is 0.481 e. The molecule has 5 nitrogen and oxygen atoms in total. The maximum Gasteiger partial charge on any atom is 0.317 e. The van der Waals surface area contributed by atoms with E-state index in [2.05, 4.69) is 5.32 Å². The number of urea groups is 1. The minimum absolute atomic E-state index is 0.00801. The molecule has 1 fully saturated rings. The lowest BCUT2D eigenvalue weighted by molar-refractivity contribution is -0.138. The quantitative estimate of drug-likeness (QED) is 0.792. The van der Waals surface area contributed by atoms with Crippen molar-refractivity contribution in [2.45, 2.75) is 64.5 Å². The van der Waals surface area contributed by atoms with Crippen LogP contribution in [0.1, 0.15) is 52.4 Å². The van der Waals surface area contributed by atoms with E-state index in [0.717, 1.165) is 12.8 Å². The first-order chi connectivity index (χ1) is 8.54. The molecule has 2 amide bonds. The lowest BCUT2D eigenvalue weighted by Gasteiger charge is -2.31. The smallest absolute Gasteiger partial charge is 0.317 e. The van der Waals surface area contributed by atoms with Crippen LogP contribution in [0.2, 0.25) is 0 Å². The van der Waals surface area contributed by atoms with E-state index in [9.17, 15) is 9.59 Å². The van der Waals surface area contributed by atoms with Gasteiger partial charge in [-0.1, -0.05) is 19.3 Å². The summed E-state index contributed by atoms with van der Waals surface area (Å²) in [5.41, 5.74) is 0. The highest BCUT2D eigenvalue weighted by atomic mass is 16.4. The van der Waals surface area contributed by atoms with Crippen LogP contribution in [0.25, 0.3) is 0 Å². The van der Waals surface area contributed by atoms with Crippen molar-refractivity contribution in [2.75, 3.05) is 6.54 Å². The van der Waals surface area contributed by atoms with Crippen LogP contribution in [0, 0.1) is 0 Å². The second-order valence-corrected chi connectivity index (χ2v) is 5.02. The molecule has 0 spiro atoms. The van der Waals surface area contributed by atoms with Crippen molar-refractivity contribution in [3.05, 3.63) is 0 Å². The SMILES string of the molecule is CCN(C(=O)NC1CCCCC1)C(C)CC(=O)O. The summed E-state index contributed by atoms with van der Waals surface area (Å²) in [6, 6.07) is -0.133. The highest BCUT2D eigenvalue weighted by Gasteiger charge is 2.23. The third-order valence-electron chi connectivity index (χ3n) is 3.54. The lowest BCUT2D eigenvalue weighted by atomic mass is 9.96. The third kappa shape index (κ3) is 4.55. The Balaban J connectivity index is 2.47. The Bertz CT molecular complexity index is 288. The standard InChI is InChI=1S/C13H24N2O3/c1-3-15(10(2)9-12(16)17)13(18)14-11-7-5-4-6-8-11/h10-11H,3-9H2,1-2H3,(H,14,18)(H,16,17). The van der Waals surface area contributed by atoms with Crippen molar-refractivity contribution in [1.82, 2.24) is 10.2 Å². The number of carbonyl (C=O) groups is 2. The van der Waals surface area contributed by atoms with Crippen LogP contribution in [0.5, 0.6) is 0 Å². The summed E-state index contributed by atoms with van der Waals surface area (Å²) in [7, 11) is 0. The van der Waals surface area contributed by atoms with Gasteiger partial charge in [0.2, 0.25) is 0 Å². The molecule has 18 heavy (non-hydrogen) atoms. The number of aliphatic carboxylic acids is 1. The number of carbonyl (C=O) groups excluding carboxylic acids is 1. The normalized spacial score (nSPS) is 18.1. The second kappa shape index (κ2) is 7.24. The Hall–Kier alpha value is -1.26. The molecule has 104 valence electrons. The first-order valence-corrected chi connectivity index (χ1v) is 6.83. The molecule has 0 aromatic heterocycles. The minimum atomic E-state index is -0.869. The third-order valence-corrected chi connectivity index (χ3v) is 3.54. The van der Waals surface area contributed by atoms with Gasteiger partial charge in [0.1, 0.15) is 0 Å². The van der Waals surface area contributed by atoms with Gasteiger partial charge in [0.25, 0.3) is 0 Å². The van der Waals surface area contributed by atoms with Crippen LogP contribution in [0.15, 0.2) is 0 Å². The Morgan fingerprint density at radius 3 is 2.44 bits per heavy atom. The molecule has 1 aliphatic rings. The molecule has 1 rings (SSSR count). The summed E-state index contributed by atoms with van der Waals surface area (Å²) in [4.78, 5) is 24.4. The number of rotatable bonds is 5. The van der Waals surface area contributed by atoms with E-state index in [1.54, 1.807) is 11.8 Å². The van der Waals surface area contributed by atoms with Gasteiger partial charge in [-0.05, 0) is 26.7 Å². The molecular formula is C13H24N2O3. The molecule has 0 saturated heterocycles. The number of hydrogen-bond donors (Lipinski definition) is 2. The van der Waals surface area contributed by atoms with E-state index < -0.39 is 5.97 Å². The van der Waals surface area contributed by atoms with E-state index in [-0.39, 0.29) is 24.5 Å². The number of hydrogen-bond acceptors (Lipinski definition) is 2. The monoisotopic (exact) mass is 256 g/mol. The summed E-state index contributed by atoms with van der Waals surface area (Å²) in [6.07, 6.45) is 5.65. The fourth-order valence-electron chi connectivity index (χ4n) is 2.52. The summed E-state index contributed by atoms with van der Waals surface area (Å²) in [5.74, 6) is -0.869. The van der Waals surface area contributed by atoms with E-state index in [1.807, 2.05) is 6.92 Å². The molecule has 0 aromatic rings. The predicted octanol–water partition coefficient (Wildman–Crippen LogP) is 2.21. The van der Waals surface area contributed by atoms with Crippen LogP contribution < -0.4 is 5.32 Å². The van der Waals surface area contributed by atoms with Gasteiger partial charge in [0, 0.05) is 18.6 Å². The molecule has 1 unspecified atom stereocenters. The Labute approximate surface area is 109 Å². The minimum Gasteiger partial charge on any atom is -0.481 e. The van der Waals surface area contributed by atoms with Crippen molar-refractivity contribution < 1.29 is 14.7 Å². The molecule has 1 saturated carbocycles. The maximum atomic E-state index is 12.1. The highest BCUT2D eigenvalue weighted by Crippen LogP contribution is 2.18. The van der Waals surface area contributed by atoms with Gasteiger partial charge in [-0.25, -0.2) is 4.79 Å². The number of nitrogens with one attached hydrogen (secondary N) is 1. The highest BCUT2D eigenvalue weighted by molar-refractivity contribution is 5.76. The number of nitrogens with zero attached hydrogens (tertiary/aromatic N) is 1. The summed E-state index contributed by atoms with van der Waals surface area (Å²) < 4.78 is 0. The molecule has 0 heterocycles. The average Bonchev–Trinajstić information content (AvgIpc) is 2.30. The van der Waals surface area contributed by atoms with Gasteiger partial charge in [-0.3, -0.25) is 4.79 Å². The van der Waals surface area contributed by atoms with Gasteiger partial charge in [-0.15, -0.1) is 0 Å². The van der Waals surface area contributed by atoms with Gasteiger partial charge in [-0.2, -0.15) is 0 Å². The first-order valence-electron chi connectivity index (χ1n) is 6.83. The molecule has 2 N–H and O–H groups in total. The van der Waals surface area contributed by atoms with Crippen LogP contribution in [0.4, 0.5) is 4.79 Å². The Kier molecular flexibility index (Phi) is 5.95. The van der Waals surface area contributed by atoms with Gasteiger partial charge >= 0.3 is 12.0 Å². The van der Waals surface area contributed by atoms with E-state index in [1.165, 1.54) is 19.3 Å². The molecule has 5 heteroatoms. The van der Waals surface area contributed by atoms with Crippen molar-refractivity contribution in [3.63, 3.8) is 0 Å². The summed E-state index contributed by atoms with van der Waals surface area (Å²) in [6.45, 7) is 4.18. The maximum absolute atomic E-state index is 12.1.